The topological polar surface area (TPSA) is 102 Å². The number of carboxylic acids is 1. The van der Waals surface area contributed by atoms with Crippen LogP contribution in [0.1, 0.15) is 174 Å². The van der Waals surface area contributed by atoms with Crippen molar-refractivity contribution in [2.24, 2.45) is 0 Å². The van der Waals surface area contributed by atoms with Crippen LogP contribution in [0.4, 0.5) is 0 Å². The highest BCUT2D eigenvalue weighted by Gasteiger charge is 2.25. The summed E-state index contributed by atoms with van der Waals surface area (Å²) < 4.78 is 17.1. The molecule has 0 fully saturated rings. The Balaban J connectivity index is 4.43. The van der Waals surface area contributed by atoms with Crippen molar-refractivity contribution in [1.29, 1.82) is 0 Å². The second kappa shape index (κ2) is 43.9. The number of carbonyl (C=O) groups is 3. The van der Waals surface area contributed by atoms with E-state index in [4.69, 9.17) is 14.2 Å². The summed E-state index contributed by atoms with van der Waals surface area (Å²) in [5.41, 5.74) is 0. The van der Waals surface area contributed by atoms with Gasteiger partial charge in [0.25, 0.3) is 0 Å². The number of likely N-dealkylation sites (N-methyl/N-ethyl adjacent to an activating group) is 1. The molecule has 0 spiro atoms. The first-order chi connectivity index (χ1) is 30.1. The molecular weight excluding hydrogens is 775 g/mol. The van der Waals surface area contributed by atoms with Gasteiger partial charge in [0.15, 0.2) is 6.10 Å². The van der Waals surface area contributed by atoms with Gasteiger partial charge in [-0.15, -0.1) is 0 Å². The maximum atomic E-state index is 12.8. The zero-order valence-electron chi connectivity index (χ0n) is 40.0. The van der Waals surface area contributed by atoms with Crippen LogP contribution in [0.3, 0.4) is 0 Å². The largest absolute Gasteiger partial charge is 0.544 e. The van der Waals surface area contributed by atoms with Crippen LogP contribution in [0.15, 0.2) is 97.2 Å². The first kappa shape index (κ1) is 58.2. The summed E-state index contributed by atoms with van der Waals surface area (Å²) in [4.78, 5) is 37.0. The minimum absolute atomic E-state index is 0.0123. The minimum atomic E-state index is -1.14. The zero-order chi connectivity index (χ0) is 45.6. The van der Waals surface area contributed by atoms with E-state index < -0.39 is 18.1 Å². The molecule has 0 rings (SSSR count). The number of carbonyl (C=O) groups excluding carboxylic acids is 3. The van der Waals surface area contributed by atoms with E-state index in [1.807, 2.05) is 0 Å². The molecule has 0 aliphatic heterocycles. The van der Waals surface area contributed by atoms with Crippen molar-refractivity contribution in [3.05, 3.63) is 97.2 Å². The second-order valence-corrected chi connectivity index (χ2v) is 17.0. The molecule has 0 amide bonds. The number of unbranched alkanes of at least 4 members (excludes halogenated alkanes) is 13. The van der Waals surface area contributed by atoms with Crippen LogP contribution in [0.25, 0.3) is 0 Å². The van der Waals surface area contributed by atoms with E-state index in [-0.39, 0.29) is 49.1 Å². The van der Waals surface area contributed by atoms with E-state index in [1.54, 1.807) is 21.1 Å². The van der Waals surface area contributed by atoms with E-state index in [1.165, 1.54) is 44.9 Å². The number of esters is 2. The normalized spacial score (nSPS) is 13.8. The average molecular weight is 864 g/mol. The number of hydrogen-bond donors (Lipinski definition) is 0. The quantitative estimate of drug-likeness (QED) is 0.0198. The Morgan fingerprint density at radius 3 is 1.44 bits per heavy atom. The fourth-order valence-electron chi connectivity index (χ4n) is 6.48. The van der Waals surface area contributed by atoms with Gasteiger partial charge in [-0.05, 0) is 89.9 Å². The predicted octanol–water partition coefficient (Wildman–Crippen LogP) is 12.5. The highest BCUT2D eigenvalue weighted by atomic mass is 16.6. The Morgan fingerprint density at radius 2 is 0.952 bits per heavy atom. The smallest absolute Gasteiger partial charge is 0.306 e. The number of carboxylic acid groups (broad SMARTS) is 1. The van der Waals surface area contributed by atoms with E-state index in [0.29, 0.717) is 12.8 Å². The third-order valence-electron chi connectivity index (χ3n) is 10.2. The summed E-state index contributed by atoms with van der Waals surface area (Å²) in [5, 5.41) is 11.6. The van der Waals surface area contributed by atoms with Gasteiger partial charge in [-0.25, -0.2) is 0 Å². The third kappa shape index (κ3) is 41.6. The van der Waals surface area contributed by atoms with Crippen molar-refractivity contribution in [3.63, 3.8) is 0 Å². The third-order valence-corrected chi connectivity index (χ3v) is 10.2. The summed E-state index contributed by atoms with van der Waals surface area (Å²) in [6.07, 6.45) is 58.6. The fraction of sp³-hybridized carbons (Fsp3) is 0.648. The van der Waals surface area contributed by atoms with Crippen molar-refractivity contribution >= 4 is 17.9 Å². The second-order valence-electron chi connectivity index (χ2n) is 17.0. The van der Waals surface area contributed by atoms with Gasteiger partial charge in [0, 0.05) is 19.3 Å². The molecule has 0 bridgehead atoms. The first-order valence-corrected chi connectivity index (χ1v) is 24.3. The number of rotatable bonds is 42. The van der Waals surface area contributed by atoms with E-state index >= 15 is 0 Å². The van der Waals surface area contributed by atoms with Crippen LogP contribution in [0.5, 0.6) is 0 Å². The molecule has 8 nitrogen and oxygen atoms in total. The van der Waals surface area contributed by atoms with Gasteiger partial charge in [0.05, 0.1) is 40.3 Å². The molecule has 2 unspecified atom stereocenters. The van der Waals surface area contributed by atoms with Gasteiger partial charge < -0.3 is 28.6 Å². The van der Waals surface area contributed by atoms with Gasteiger partial charge in [-0.3, -0.25) is 9.59 Å². The van der Waals surface area contributed by atoms with Gasteiger partial charge in [-0.2, -0.15) is 0 Å². The number of nitrogens with zero attached hydrogens (tertiary/aromatic N) is 1. The SMILES string of the molecule is CC/C=C/C/C=C/C/C=C/C/C=C/C/C=C/C/C=C/CCCCCC(=O)OC(COCCC(C(=O)[O-])[N+](C)(C)C)COC(=O)CCCCC/C=C/C=C/CCCCCCCCC. The number of aliphatic carboxylic acids is 1. The van der Waals surface area contributed by atoms with Crippen LogP contribution in [-0.2, 0) is 28.6 Å². The monoisotopic (exact) mass is 864 g/mol. The molecule has 2 atom stereocenters. The molecular formula is C54H89NO7. The van der Waals surface area contributed by atoms with Gasteiger partial charge >= 0.3 is 11.9 Å². The molecule has 8 heteroatoms. The maximum absolute atomic E-state index is 12.8. The Labute approximate surface area is 379 Å². The molecule has 352 valence electrons. The molecule has 62 heavy (non-hydrogen) atoms. The van der Waals surface area contributed by atoms with Crippen LogP contribution >= 0.6 is 0 Å². The van der Waals surface area contributed by atoms with E-state index in [2.05, 4.69) is 111 Å². The Morgan fingerprint density at radius 1 is 0.516 bits per heavy atom. The summed E-state index contributed by atoms with van der Waals surface area (Å²) in [6.45, 7) is 4.46. The molecule has 0 radical (unpaired) electrons. The number of quaternary nitrogens is 1. The van der Waals surface area contributed by atoms with Crippen LogP contribution < -0.4 is 5.11 Å². The molecule has 0 saturated heterocycles. The van der Waals surface area contributed by atoms with Crippen LogP contribution in [-0.4, -0.2) is 75.5 Å². The highest BCUT2D eigenvalue weighted by Crippen LogP contribution is 2.12. The van der Waals surface area contributed by atoms with E-state index in [0.717, 1.165) is 89.9 Å². The molecule has 0 heterocycles. The van der Waals surface area contributed by atoms with E-state index in [9.17, 15) is 19.5 Å². The van der Waals surface area contributed by atoms with Crippen molar-refractivity contribution in [2.45, 2.75) is 187 Å². The van der Waals surface area contributed by atoms with Crippen molar-refractivity contribution in [2.75, 3.05) is 41.0 Å². The number of hydrogen-bond acceptors (Lipinski definition) is 7. The molecule has 0 aromatic rings. The fourth-order valence-corrected chi connectivity index (χ4v) is 6.48. The lowest BCUT2D eigenvalue weighted by atomic mass is 10.1. The van der Waals surface area contributed by atoms with Gasteiger partial charge in [-0.1, -0.05) is 162 Å². The lowest BCUT2D eigenvalue weighted by Crippen LogP contribution is -2.55. The average Bonchev–Trinajstić information content (AvgIpc) is 3.23. The lowest BCUT2D eigenvalue weighted by molar-refractivity contribution is -0.889. The van der Waals surface area contributed by atoms with Crippen molar-refractivity contribution in [3.8, 4) is 0 Å². The molecule has 0 aliphatic carbocycles. The van der Waals surface area contributed by atoms with Crippen molar-refractivity contribution in [1.82, 2.24) is 0 Å². The van der Waals surface area contributed by atoms with Crippen LogP contribution in [0, 0.1) is 0 Å². The maximum Gasteiger partial charge on any atom is 0.306 e. The molecule has 0 aromatic heterocycles. The minimum Gasteiger partial charge on any atom is -0.544 e. The summed E-state index contributed by atoms with van der Waals surface area (Å²) in [6, 6.07) is -0.742. The summed E-state index contributed by atoms with van der Waals surface area (Å²) in [7, 11) is 5.38. The van der Waals surface area contributed by atoms with Crippen LogP contribution in [0.2, 0.25) is 0 Å². The standard InChI is InChI=1S/C54H89NO7/c1-6-8-10-12-14-16-18-20-22-24-25-26-27-28-29-31-33-35-37-39-41-43-45-53(57)62-50(48-60-47-46-51(54(58)59)55(3,4)5)49-61-52(56)44-42-40-38-36-34-32-30-23-21-19-17-15-13-11-9-7-2/h8,10,14,16,20,22-23,25-26,28-30,32-35,50-51H,6-7,9,11-13,15,17-19,21,24,27,31,36-49H2,1-5H3/b10-8+,16-14+,22-20+,26-25+,29-28+,30-23+,34-32+,35-33+. The number of allylic oxidation sites excluding steroid dienone is 16. The first-order valence-electron chi connectivity index (χ1n) is 24.3. The molecule has 0 saturated carbocycles. The van der Waals surface area contributed by atoms with Gasteiger partial charge in [0.2, 0.25) is 0 Å². The zero-order valence-corrected chi connectivity index (χ0v) is 40.0. The summed E-state index contributed by atoms with van der Waals surface area (Å²) >= 11 is 0. The Bertz CT molecular complexity index is 1330. The predicted molar refractivity (Wildman–Crippen MR) is 258 cm³/mol. The summed E-state index contributed by atoms with van der Waals surface area (Å²) in [5.74, 6) is -1.82. The molecule has 0 N–H and O–H groups in total. The lowest BCUT2D eigenvalue weighted by Gasteiger charge is -2.34. The highest BCUT2D eigenvalue weighted by molar-refractivity contribution is 5.70. The van der Waals surface area contributed by atoms with Gasteiger partial charge in [0.1, 0.15) is 12.6 Å². The Hall–Kier alpha value is -3.75. The Kier molecular flexibility index (Phi) is 41.2. The number of ether oxygens (including phenoxy) is 3. The molecule has 0 aromatic carbocycles. The van der Waals surface area contributed by atoms with Crippen molar-refractivity contribution < 1.29 is 38.2 Å². The molecule has 0 aliphatic rings.